The van der Waals surface area contributed by atoms with Crippen molar-refractivity contribution in [3.05, 3.63) is 35.9 Å². The maximum atomic E-state index is 12.3. The molecule has 0 aliphatic carbocycles. The van der Waals surface area contributed by atoms with Gasteiger partial charge in [0.2, 0.25) is 5.91 Å². The predicted molar refractivity (Wildman–Crippen MR) is 79.4 cm³/mol. The summed E-state index contributed by atoms with van der Waals surface area (Å²) in [6, 6.07) is 9.89. The van der Waals surface area contributed by atoms with Crippen LogP contribution in [0.3, 0.4) is 0 Å². The van der Waals surface area contributed by atoms with Crippen molar-refractivity contribution in [2.75, 3.05) is 13.1 Å². The first-order valence-corrected chi connectivity index (χ1v) is 7.23. The summed E-state index contributed by atoms with van der Waals surface area (Å²) < 4.78 is 0. The number of aliphatic hydroxyl groups is 1. The molecular formula is C15H21NO2S. The second-order valence-electron chi connectivity index (χ2n) is 5.57. The number of carbonyl (C=O) groups excluding carboxylic acids is 1. The molecule has 1 fully saturated rings. The van der Waals surface area contributed by atoms with E-state index >= 15 is 0 Å². The number of likely N-dealkylation sites (tertiary alicyclic amines) is 1. The molecule has 1 aliphatic rings. The topological polar surface area (TPSA) is 40.5 Å². The number of carbonyl (C=O) groups is 1. The van der Waals surface area contributed by atoms with E-state index in [-0.39, 0.29) is 11.2 Å². The molecule has 4 heteroatoms. The molecule has 0 radical (unpaired) electrons. The van der Waals surface area contributed by atoms with Crippen molar-refractivity contribution >= 4 is 18.5 Å². The summed E-state index contributed by atoms with van der Waals surface area (Å²) in [5.74, 6) is 0.0205. The average molecular weight is 279 g/mol. The Hall–Kier alpha value is -1.00. The Morgan fingerprint density at radius 3 is 2.79 bits per heavy atom. The predicted octanol–water partition coefficient (Wildman–Crippen LogP) is 1.90. The number of rotatable bonds is 3. The highest BCUT2D eigenvalue weighted by atomic mass is 32.1. The number of β-amino-alcohol motifs (C(OH)–C–C–N with tert-alkyl or cyclic N) is 1. The van der Waals surface area contributed by atoms with Crippen molar-refractivity contribution < 1.29 is 9.90 Å². The highest BCUT2D eigenvalue weighted by Gasteiger charge is 2.32. The Labute approximate surface area is 120 Å². The fourth-order valence-corrected chi connectivity index (χ4v) is 2.92. The van der Waals surface area contributed by atoms with Gasteiger partial charge in [-0.05, 0) is 31.7 Å². The monoisotopic (exact) mass is 279 g/mol. The van der Waals surface area contributed by atoms with Crippen LogP contribution in [-0.2, 0) is 11.2 Å². The van der Waals surface area contributed by atoms with Gasteiger partial charge >= 0.3 is 0 Å². The lowest BCUT2D eigenvalue weighted by atomic mass is 9.94. The molecule has 0 saturated carbocycles. The summed E-state index contributed by atoms with van der Waals surface area (Å²) in [6.45, 7) is 2.93. The van der Waals surface area contributed by atoms with Crippen LogP contribution < -0.4 is 0 Å². The molecule has 1 heterocycles. The van der Waals surface area contributed by atoms with Crippen LogP contribution in [0.1, 0.15) is 25.3 Å². The van der Waals surface area contributed by atoms with Gasteiger partial charge in [-0.1, -0.05) is 30.3 Å². The van der Waals surface area contributed by atoms with Gasteiger partial charge in [0.25, 0.3) is 0 Å². The molecule has 3 nitrogen and oxygen atoms in total. The fraction of sp³-hybridized carbons (Fsp3) is 0.533. The Morgan fingerprint density at radius 2 is 2.16 bits per heavy atom. The van der Waals surface area contributed by atoms with E-state index in [1.54, 1.807) is 11.8 Å². The van der Waals surface area contributed by atoms with Crippen molar-refractivity contribution in [3.63, 3.8) is 0 Å². The molecule has 1 aromatic carbocycles. The van der Waals surface area contributed by atoms with Crippen LogP contribution in [0, 0.1) is 0 Å². The molecular weight excluding hydrogens is 258 g/mol. The summed E-state index contributed by atoms with van der Waals surface area (Å²) >= 11 is 4.43. The molecule has 104 valence electrons. The second kappa shape index (κ2) is 5.97. The minimum Gasteiger partial charge on any atom is -0.388 e. The summed E-state index contributed by atoms with van der Waals surface area (Å²) in [7, 11) is 0. The molecule has 1 amide bonds. The van der Waals surface area contributed by atoms with Crippen LogP contribution in [0.4, 0.5) is 0 Å². The van der Waals surface area contributed by atoms with Crippen LogP contribution in [0.5, 0.6) is 0 Å². The van der Waals surface area contributed by atoms with Gasteiger partial charge in [0.15, 0.2) is 0 Å². The SMILES string of the molecule is CC1(O)CCCN(C(=O)C(S)Cc2ccccc2)C1. The van der Waals surface area contributed by atoms with Gasteiger partial charge in [0.1, 0.15) is 0 Å². The third-order valence-electron chi connectivity index (χ3n) is 3.54. The van der Waals surface area contributed by atoms with Gasteiger partial charge < -0.3 is 10.0 Å². The summed E-state index contributed by atoms with van der Waals surface area (Å²) in [5.41, 5.74) is 0.355. The van der Waals surface area contributed by atoms with Crippen molar-refractivity contribution in [3.8, 4) is 0 Å². The van der Waals surface area contributed by atoms with Gasteiger partial charge in [-0.25, -0.2) is 0 Å². The normalized spacial score (nSPS) is 25.1. The number of amides is 1. The van der Waals surface area contributed by atoms with Crippen molar-refractivity contribution in [2.45, 2.75) is 37.0 Å². The summed E-state index contributed by atoms with van der Waals surface area (Å²) in [5, 5.41) is 9.71. The van der Waals surface area contributed by atoms with Gasteiger partial charge in [-0.3, -0.25) is 4.79 Å². The first-order chi connectivity index (χ1) is 8.98. The second-order valence-corrected chi connectivity index (χ2v) is 6.19. The highest BCUT2D eigenvalue weighted by molar-refractivity contribution is 7.81. The lowest BCUT2D eigenvalue weighted by Crippen LogP contribution is -2.50. The quantitative estimate of drug-likeness (QED) is 0.830. The standard InChI is InChI=1S/C15H21NO2S/c1-15(18)8-5-9-16(11-15)14(17)13(19)10-12-6-3-2-4-7-12/h2-4,6-7,13,18-19H,5,8-11H2,1H3. The lowest BCUT2D eigenvalue weighted by Gasteiger charge is -2.37. The fourth-order valence-electron chi connectivity index (χ4n) is 2.54. The summed E-state index contributed by atoms with van der Waals surface area (Å²) in [6.07, 6.45) is 2.23. The number of hydrogen-bond donors (Lipinski definition) is 2. The largest absolute Gasteiger partial charge is 0.388 e. The number of hydrogen-bond acceptors (Lipinski definition) is 3. The number of piperidine rings is 1. The number of nitrogens with zero attached hydrogens (tertiary/aromatic N) is 1. The van der Waals surface area contributed by atoms with Crippen LogP contribution in [0.2, 0.25) is 0 Å². The zero-order valence-corrected chi connectivity index (χ0v) is 12.1. The first-order valence-electron chi connectivity index (χ1n) is 6.71. The Kier molecular flexibility index (Phi) is 4.53. The highest BCUT2D eigenvalue weighted by Crippen LogP contribution is 2.22. The molecule has 1 aliphatic heterocycles. The smallest absolute Gasteiger partial charge is 0.235 e. The van der Waals surface area contributed by atoms with E-state index in [4.69, 9.17) is 0 Å². The van der Waals surface area contributed by atoms with E-state index in [1.165, 1.54) is 0 Å². The third kappa shape index (κ3) is 3.98. The van der Waals surface area contributed by atoms with Crippen molar-refractivity contribution in [1.29, 1.82) is 0 Å². The molecule has 1 N–H and O–H groups in total. The Balaban J connectivity index is 1.95. The maximum Gasteiger partial charge on any atom is 0.235 e. The summed E-state index contributed by atoms with van der Waals surface area (Å²) in [4.78, 5) is 14.1. The molecule has 0 bridgehead atoms. The van der Waals surface area contributed by atoms with Gasteiger partial charge in [-0.2, -0.15) is 12.6 Å². The zero-order chi connectivity index (χ0) is 13.9. The van der Waals surface area contributed by atoms with Gasteiger partial charge in [-0.15, -0.1) is 0 Å². The first kappa shape index (κ1) is 14.4. The molecule has 1 saturated heterocycles. The van der Waals surface area contributed by atoms with Crippen molar-refractivity contribution in [2.24, 2.45) is 0 Å². The Bertz CT molecular complexity index is 433. The molecule has 19 heavy (non-hydrogen) atoms. The van der Waals surface area contributed by atoms with E-state index < -0.39 is 5.60 Å². The van der Waals surface area contributed by atoms with E-state index in [0.29, 0.717) is 13.0 Å². The molecule has 1 aromatic rings. The van der Waals surface area contributed by atoms with E-state index in [0.717, 1.165) is 24.9 Å². The van der Waals surface area contributed by atoms with Crippen molar-refractivity contribution in [1.82, 2.24) is 4.90 Å². The van der Waals surface area contributed by atoms with Crippen LogP contribution in [-0.4, -0.2) is 39.9 Å². The zero-order valence-electron chi connectivity index (χ0n) is 11.2. The van der Waals surface area contributed by atoms with E-state index in [2.05, 4.69) is 12.6 Å². The molecule has 2 unspecified atom stereocenters. The van der Waals surface area contributed by atoms with Gasteiger partial charge in [0.05, 0.1) is 10.9 Å². The number of thiol groups is 1. The maximum absolute atomic E-state index is 12.3. The molecule has 2 atom stereocenters. The Morgan fingerprint density at radius 1 is 1.47 bits per heavy atom. The minimum atomic E-state index is -0.756. The van der Waals surface area contributed by atoms with E-state index in [1.807, 2.05) is 30.3 Å². The lowest BCUT2D eigenvalue weighted by molar-refractivity contribution is -0.136. The average Bonchev–Trinajstić information content (AvgIpc) is 2.38. The van der Waals surface area contributed by atoms with Gasteiger partial charge in [0, 0.05) is 13.1 Å². The molecule has 0 aromatic heterocycles. The third-order valence-corrected chi connectivity index (χ3v) is 3.95. The van der Waals surface area contributed by atoms with Crippen LogP contribution in [0.15, 0.2) is 30.3 Å². The minimum absolute atomic E-state index is 0.0205. The van der Waals surface area contributed by atoms with E-state index in [9.17, 15) is 9.90 Å². The number of benzene rings is 1. The molecule has 0 spiro atoms. The molecule has 2 rings (SSSR count). The van der Waals surface area contributed by atoms with Crippen LogP contribution >= 0.6 is 12.6 Å². The van der Waals surface area contributed by atoms with Crippen LogP contribution in [0.25, 0.3) is 0 Å².